The van der Waals surface area contributed by atoms with Crippen LogP contribution in [0.5, 0.6) is 0 Å². The minimum Gasteiger partial charge on any atom is -0.186 e. The van der Waals surface area contributed by atoms with Crippen LogP contribution >= 0.6 is 0 Å². The highest BCUT2D eigenvalue weighted by Gasteiger charge is 1.13. The largest absolute Gasteiger partial charge is 0.373 e. The van der Waals surface area contributed by atoms with Crippen molar-refractivity contribution in [3.8, 4) is 0 Å². The van der Waals surface area contributed by atoms with E-state index in [2.05, 4.69) is 0 Å². The van der Waals surface area contributed by atoms with Crippen LogP contribution in [0.25, 0.3) is 0 Å². The number of hydrogen-bond acceptors (Lipinski definition) is 2. The van der Waals surface area contributed by atoms with Crippen molar-refractivity contribution < 1.29 is 9.59 Å². The van der Waals surface area contributed by atoms with E-state index in [1.807, 2.05) is 13.8 Å². The van der Waals surface area contributed by atoms with Crippen LogP contribution in [-0.4, -0.2) is 6.15 Å². The molecule has 0 amide bonds. The van der Waals surface area contributed by atoms with Crippen LogP contribution < -0.4 is 0 Å². The first kappa shape index (κ1) is 18.2. The van der Waals surface area contributed by atoms with E-state index in [0.717, 1.165) is 0 Å². The fraction of sp³-hybridized carbons (Fsp3) is 0.750. The highest BCUT2D eigenvalue weighted by molar-refractivity contribution is 5.20. The van der Waals surface area contributed by atoms with E-state index in [1.54, 1.807) is 0 Å². The molecule has 0 bridgehead atoms. The molecule has 0 radical (unpaired) electrons. The number of hydrogen-bond donors (Lipinski definition) is 0. The zero-order valence-electron chi connectivity index (χ0n) is 3.32. The lowest BCUT2D eigenvalue weighted by atomic mass is 11.0. The maximum absolute atomic E-state index is 8.12. The second-order valence-corrected chi connectivity index (χ2v) is 0.0833. The summed E-state index contributed by atoms with van der Waals surface area (Å²) in [7, 11) is 0. The molecular formula is C4H10O2. The third-order valence-electron chi connectivity index (χ3n) is 0. The zero-order valence-corrected chi connectivity index (χ0v) is 3.32. The first-order valence-electron chi connectivity index (χ1n) is 1.41. The van der Waals surface area contributed by atoms with Crippen LogP contribution in [0.3, 0.4) is 0 Å². The predicted molar refractivity (Wildman–Crippen MR) is 23.1 cm³/mol. The maximum atomic E-state index is 8.12. The van der Waals surface area contributed by atoms with Gasteiger partial charge in [-0.1, -0.05) is 21.3 Å². The SMILES string of the molecule is C.CC.O=C=O. The van der Waals surface area contributed by atoms with E-state index in [1.165, 1.54) is 0 Å². The fourth-order valence-corrected chi connectivity index (χ4v) is 0. The molecule has 2 heteroatoms. The molecule has 38 valence electrons. The minimum atomic E-state index is 0. The highest BCUT2D eigenvalue weighted by atomic mass is 16.2. The number of carbonyl (C=O) groups excluding carboxylic acids is 2. The maximum Gasteiger partial charge on any atom is 0.373 e. The summed E-state index contributed by atoms with van der Waals surface area (Å²) < 4.78 is 0. The van der Waals surface area contributed by atoms with Crippen molar-refractivity contribution in [2.45, 2.75) is 21.3 Å². The molecule has 0 aliphatic heterocycles. The summed E-state index contributed by atoms with van der Waals surface area (Å²) in [6.45, 7) is 4.00. The van der Waals surface area contributed by atoms with E-state index < -0.39 is 0 Å². The minimum absolute atomic E-state index is 0. The summed E-state index contributed by atoms with van der Waals surface area (Å²) in [6.07, 6.45) is 0.250. The van der Waals surface area contributed by atoms with Gasteiger partial charge in [0.15, 0.2) is 0 Å². The van der Waals surface area contributed by atoms with E-state index >= 15 is 0 Å². The molecule has 0 aromatic rings. The van der Waals surface area contributed by atoms with Gasteiger partial charge in [0.2, 0.25) is 0 Å². The Morgan fingerprint density at radius 2 is 1.17 bits per heavy atom. The normalized spacial score (nSPS) is 2.33. The van der Waals surface area contributed by atoms with Gasteiger partial charge >= 0.3 is 6.15 Å². The van der Waals surface area contributed by atoms with Crippen LogP contribution in [0.15, 0.2) is 0 Å². The van der Waals surface area contributed by atoms with Gasteiger partial charge in [0.1, 0.15) is 0 Å². The van der Waals surface area contributed by atoms with E-state index in [-0.39, 0.29) is 13.6 Å². The third kappa shape index (κ3) is 49.8. The Labute approximate surface area is 38.2 Å². The van der Waals surface area contributed by atoms with Gasteiger partial charge < -0.3 is 0 Å². The molecule has 0 aromatic carbocycles. The summed E-state index contributed by atoms with van der Waals surface area (Å²) in [6, 6.07) is 0. The molecule has 0 spiro atoms. The molecule has 0 atom stereocenters. The summed E-state index contributed by atoms with van der Waals surface area (Å²) in [5.41, 5.74) is 0. The molecule has 6 heavy (non-hydrogen) atoms. The van der Waals surface area contributed by atoms with Gasteiger partial charge in [-0.25, -0.2) is 0 Å². The number of rotatable bonds is 0. The molecule has 0 heterocycles. The molecule has 0 N–H and O–H groups in total. The molecule has 0 saturated carbocycles. The third-order valence-corrected chi connectivity index (χ3v) is 0. The molecule has 0 rings (SSSR count). The molecule has 0 fully saturated rings. The van der Waals surface area contributed by atoms with Crippen LogP contribution in [0, 0.1) is 0 Å². The molecule has 0 unspecified atom stereocenters. The Morgan fingerprint density at radius 3 is 1.17 bits per heavy atom. The van der Waals surface area contributed by atoms with Crippen LogP contribution in [0.2, 0.25) is 0 Å². The fourth-order valence-electron chi connectivity index (χ4n) is 0. The van der Waals surface area contributed by atoms with Gasteiger partial charge in [-0.3, -0.25) is 0 Å². The lowest BCUT2D eigenvalue weighted by Gasteiger charge is -1.07. The summed E-state index contributed by atoms with van der Waals surface area (Å²) in [5, 5.41) is 0. The van der Waals surface area contributed by atoms with E-state index in [9.17, 15) is 0 Å². The Kier molecular flexibility index (Phi) is 1050. The summed E-state index contributed by atoms with van der Waals surface area (Å²) in [4.78, 5) is 16.2. The average Bonchev–Trinajstić information content (AvgIpc) is 1.46. The standard InChI is InChI=1S/C2H6.CO2.CH4/c1-2;2-1-3;/h1-2H3;;1H4. The van der Waals surface area contributed by atoms with Gasteiger partial charge in [0.05, 0.1) is 0 Å². The van der Waals surface area contributed by atoms with Crippen molar-refractivity contribution >= 4 is 6.15 Å². The van der Waals surface area contributed by atoms with Gasteiger partial charge in [-0.2, -0.15) is 9.59 Å². The predicted octanol–water partition coefficient (Wildman–Crippen LogP) is 1.08. The lowest BCUT2D eigenvalue weighted by molar-refractivity contribution is -0.191. The van der Waals surface area contributed by atoms with Crippen LogP contribution in [0.1, 0.15) is 21.3 Å². The summed E-state index contributed by atoms with van der Waals surface area (Å²) in [5.74, 6) is 0. The van der Waals surface area contributed by atoms with Gasteiger partial charge in [-0.05, 0) is 0 Å². The van der Waals surface area contributed by atoms with Crippen molar-refractivity contribution in [2.75, 3.05) is 0 Å². The Balaban J connectivity index is -0.0000000275. The molecule has 0 aliphatic rings. The van der Waals surface area contributed by atoms with Crippen molar-refractivity contribution in [2.24, 2.45) is 0 Å². The van der Waals surface area contributed by atoms with Crippen LogP contribution in [-0.2, 0) is 9.59 Å². The summed E-state index contributed by atoms with van der Waals surface area (Å²) >= 11 is 0. The Hall–Kier alpha value is -0.620. The molecule has 0 aliphatic carbocycles. The second-order valence-electron chi connectivity index (χ2n) is 0.0833. The molecular weight excluding hydrogens is 80.0 g/mol. The average molecular weight is 90.1 g/mol. The monoisotopic (exact) mass is 90.1 g/mol. The molecule has 0 aromatic heterocycles. The van der Waals surface area contributed by atoms with Crippen LogP contribution in [0.4, 0.5) is 0 Å². The Bertz CT molecular complexity index is 26.5. The second kappa shape index (κ2) is 347. The van der Waals surface area contributed by atoms with Gasteiger partial charge in [0.25, 0.3) is 0 Å². The van der Waals surface area contributed by atoms with Crippen molar-refractivity contribution in [3.63, 3.8) is 0 Å². The van der Waals surface area contributed by atoms with E-state index in [0.29, 0.717) is 0 Å². The first-order chi connectivity index (χ1) is 2.41. The van der Waals surface area contributed by atoms with Gasteiger partial charge in [-0.15, -0.1) is 0 Å². The lowest BCUT2D eigenvalue weighted by Crippen LogP contribution is -1.22. The topological polar surface area (TPSA) is 34.1 Å². The Morgan fingerprint density at radius 1 is 1.17 bits per heavy atom. The molecule has 2 nitrogen and oxygen atoms in total. The first-order valence-corrected chi connectivity index (χ1v) is 1.41. The quantitative estimate of drug-likeness (QED) is 0.446. The van der Waals surface area contributed by atoms with Crippen molar-refractivity contribution in [3.05, 3.63) is 0 Å². The van der Waals surface area contributed by atoms with Crippen molar-refractivity contribution in [1.82, 2.24) is 0 Å². The molecule has 0 saturated heterocycles. The van der Waals surface area contributed by atoms with Crippen molar-refractivity contribution in [1.29, 1.82) is 0 Å². The highest BCUT2D eigenvalue weighted by Crippen LogP contribution is 1.14. The zero-order chi connectivity index (χ0) is 4.71. The van der Waals surface area contributed by atoms with E-state index in [4.69, 9.17) is 9.59 Å². The van der Waals surface area contributed by atoms with Gasteiger partial charge in [0, 0.05) is 0 Å². The smallest absolute Gasteiger partial charge is 0.186 e.